The standard InChI is InChI=1S/C11H9ClN4O2S/c1-5(17)16-8-3-2-6(12)4-7(8)9-11(16,18)13-10(19)15-14-9/h2-4,18H,1H3,(H2,13,15,19)/t11-/m0/s1. The van der Waals surface area contributed by atoms with Gasteiger partial charge in [0.05, 0.1) is 5.69 Å². The van der Waals surface area contributed by atoms with E-state index in [-0.39, 0.29) is 16.7 Å². The number of nitrogens with one attached hydrogen (secondary N) is 2. The smallest absolute Gasteiger partial charge is 0.273 e. The highest BCUT2D eigenvalue weighted by Crippen LogP contribution is 2.38. The van der Waals surface area contributed by atoms with Crippen molar-refractivity contribution in [2.24, 2.45) is 5.10 Å². The molecule has 1 atom stereocenters. The Bertz CT molecular complexity index is 648. The molecule has 1 aromatic rings. The van der Waals surface area contributed by atoms with Gasteiger partial charge in [-0.05, 0) is 30.4 Å². The van der Waals surface area contributed by atoms with Crippen LogP contribution in [0, 0.1) is 0 Å². The Morgan fingerprint density at radius 1 is 1.58 bits per heavy atom. The molecule has 0 aromatic heterocycles. The van der Waals surface area contributed by atoms with E-state index >= 15 is 0 Å². The lowest BCUT2D eigenvalue weighted by atomic mass is 10.1. The Kier molecular flexibility index (Phi) is 2.53. The van der Waals surface area contributed by atoms with Gasteiger partial charge in [-0.3, -0.25) is 15.1 Å². The summed E-state index contributed by atoms with van der Waals surface area (Å²) < 4.78 is 0. The number of anilines is 1. The Morgan fingerprint density at radius 2 is 2.32 bits per heavy atom. The largest absolute Gasteiger partial charge is 0.349 e. The molecule has 19 heavy (non-hydrogen) atoms. The number of halogens is 1. The highest BCUT2D eigenvalue weighted by molar-refractivity contribution is 7.80. The van der Waals surface area contributed by atoms with Gasteiger partial charge in [0, 0.05) is 17.5 Å². The molecular formula is C11H9ClN4O2S. The minimum absolute atomic E-state index is 0.136. The van der Waals surface area contributed by atoms with Crippen LogP contribution in [0.1, 0.15) is 12.5 Å². The van der Waals surface area contributed by atoms with E-state index < -0.39 is 5.85 Å². The maximum atomic E-state index is 11.8. The second-order valence-electron chi connectivity index (χ2n) is 4.21. The van der Waals surface area contributed by atoms with Crippen molar-refractivity contribution in [2.75, 3.05) is 4.90 Å². The van der Waals surface area contributed by atoms with E-state index in [4.69, 9.17) is 23.8 Å². The number of rotatable bonds is 0. The normalized spacial score (nSPS) is 24.1. The number of nitrogens with zero attached hydrogens (tertiary/aromatic N) is 2. The zero-order valence-electron chi connectivity index (χ0n) is 9.77. The topological polar surface area (TPSA) is 77.0 Å². The van der Waals surface area contributed by atoms with Gasteiger partial charge in [-0.1, -0.05) is 11.6 Å². The number of hydrogen-bond acceptors (Lipinski definition) is 4. The molecule has 3 rings (SSSR count). The van der Waals surface area contributed by atoms with E-state index in [0.717, 1.165) is 0 Å². The van der Waals surface area contributed by atoms with E-state index in [9.17, 15) is 9.90 Å². The number of hydrazone groups is 1. The van der Waals surface area contributed by atoms with Crippen LogP contribution in [0.25, 0.3) is 0 Å². The number of hydrogen-bond donors (Lipinski definition) is 3. The number of thiocarbonyl (C=S) groups is 1. The quantitative estimate of drug-likeness (QED) is 0.609. The van der Waals surface area contributed by atoms with Gasteiger partial charge in [0.1, 0.15) is 5.71 Å². The van der Waals surface area contributed by atoms with Crippen molar-refractivity contribution in [1.29, 1.82) is 0 Å². The number of aliphatic hydroxyl groups is 1. The van der Waals surface area contributed by atoms with Gasteiger partial charge in [-0.15, -0.1) is 0 Å². The average molecular weight is 297 g/mol. The zero-order chi connectivity index (χ0) is 13.8. The van der Waals surface area contributed by atoms with Gasteiger partial charge in [-0.2, -0.15) is 5.10 Å². The minimum atomic E-state index is -1.78. The van der Waals surface area contributed by atoms with Crippen LogP contribution in [0.3, 0.4) is 0 Å². The van der Waals surface area contributed by atoms with Gasteiger partial charge in [0.15, 0.2) is 5.11 Å². The number of benzene rings is 1. The maximum absolute atomic E-state index is 11.8. The predicted molar refractivity (Wildman–Crippen MR) is 75.0 cm³/mol. The molecule has 1 aromatic carbocycles. The molecule has 2 aliphatic rings. The van der Waals surface area contributed by atoms with Crippen LogP contribution in [-0.4, -0.2) is 27.7 Å². The molecule has 0 saturated heterocycles. The summed E-state index contributed by atoms with van der Waals surface area (Å²) in [7, 11) is 0. The molecule has 2 aliphatic heterocycles. The molecule has 0 fully saturated rings. The lowest BCUT2D eigenvalue weighted by Crippen LogP contribution is -2.68. The van der Waals surface area contributed by atoms with Gasteiger partial charge in [0.25, 0.3) is 5.85 Å². The molecule has 2 heterocycles. The fourth-order valence-corrected chi connectivity index (χ4v) is 2.66. The fourth-order valence-electron chi connectivity index (χ4n) is 2.30. The second-order valence-corrected chi connectivity index (χ2v) is 5.06. The highest BCUT2D eigenvalue weighted by atomic mass is 35.5. The maximum Gasteiger partial charge on any atom is 0.273 e. The number of carbonyl (C=O) groups is 1. The van der Waals surface area contributed by atoms with Gasteiger partial charge in [-0.25, -0.2) is 0 Å². The molecule has 98 valence electrons. The van der Waals surface area contributed by atoms with Crippen LogP contribution in [0.15, 0.2) is 23.3 Å². The highest BCUT2D eigenvalue weighted by Gasteiger charge is 2.52. The monoisotopic (exact) mass is 296 g/mol. The summed E-state index contributed by atoms with van der Waals surface area (Å²) in [4.78, 5) is 13.0. The third-order valence-electron chi connectivity index (χ3n) is 2.98. The molecule has 8 heteroatoms. The lowest BCUT2D eigenvalue weighted by Gasteiger charge is -2.36. The molecule has 1 amide bonds. The van der Waals surface area contributed by atoms with E-state index in [1.165, 1.54) is 11.8 Å². The van der Waals surface area contributed by atoms with Crippen LogP contribution in [0.5, 0.6) is 0 Å². The van der Waals surface area contributed by atoms with Gasteiger partial charge in [0.2, 0.25) is 5.91 Å². The Morgan fingerprint density at radius 3 is 3.00 bits per heavy atom. The van der Waals surface area contributed by atoms with Crippen molar-refractivity contribution in [2.45, 2.75) is 12.8 Å². The number of carbonyl (C=O) groups excluding carboxylic acids is 1. The first-order chi connectivity index (χ1) is 8.93. The van der Waals surface area contributed by atoms with E-state index in [0.29, 0.717) is 16.3 Å². The first-order valence-electron chi connectivity index (χ1n) is 5.43. The molecular weight excluding hydrogens is 288 g/mol. The first-order valence-corrected chi connectivity index (χ1v) is 6.21. The van der Waals surface area contributed by atoms with Crippen molar-refractivity contribution in [3.63, 3.8) is 0 Å². The van der Waals surface area contributed by atoms with Crippen LogP contribution < -0.4 is 15.6 Å². The van der Waals surface area contributed by atoms with Crippen molar-refractivity contribution < 1.29 is 9.90 Å². The molecule has 0 spiro atoms. The lowest BCUT2D eigenvalue weighted by molar-refractivity contribution is -0.119. The average Bonchev–Trinajstić information content (AvgIpc) is 2.55. The van der Waals surface area contributed by atoms with Crippen LogP contribution >= 0.6 is 23.8 Å². The number of fused-ring (bicyclic) bond motifs is 3. The molecule has 0 aliphatic carbocycles. The van der Waals surface area contributed by atoms with E-state index in [2.05, 4.69) is 15.8 Å². The third kappa shape index (κ3) is 1.62. The summed E-state index contributed by atoms with van der Waals surface area (Å²) >= 11 is 10.9. The summed E-state index contributed by atoms with van der Waals surface area (Å²) in [6.45, 7) is 1.35. The van der Waals surface area contributed by atoms with Crippen molar-refractivity contribution in [1.82, 2.24) is 10.7 Å². The fraction of sp³-hybridized carbons (Fsp3) is 0.182. The Labute approximate surface area is 119 Å². The summed E-state index contributed by atoms with van der Waals surface area (Å²) in [5.74, 6) is -2.12. The summed E-state index contributed by atoms with van der Waals surface area (Å²) in [6.07, 6.45) is 0. The third-order valence-corrected chi connectivity index (χ3v) is 3.41. The second kappa shape index (κ2) is 3.89. The minimum Gasteiger partial charge on any atom is -0.349 e. The van der Waals surface area contributed by atoms with Crippen LogP contribution in [-0.2, 0) is 4.79 Å². The summed E-state index contributed by atoms with van der Waals surface area (Å²) in [5, 5.41) is 18.0. The number of amides is 1. The molecule has 0 saturated carbocycles. The first kappa shape index (κ1) is 12.3. The van der Waals surface area contributed by atoms with Gasteiger partial charge < -0.3 is 10.4 Å². The molecule has 0 bridgehead atoms. The Hall–Kier alpha value is -1.70. The van der Waals surface area contributed by atoms with E-state index in [1.54, 1.807) is 18.2 Å². The van der Waals surface area contributed by atoms with Crippen LogP contribution in [0.4, 0.5) is 5.69 Å². The van der Waals surface area contributed by atoms with Crippen molar-refractivity contribution >= 4 is 46.2 Å². The van der Waals surface area contributed by atoms with Crippen molar-refractivity contribution in [3.05, 3.63) is 28.8 Å². The molecule has 3 N–H and O–H groups in total. The van der Waals surface area contributed by atoms with Crippen LogP contribution in [0.2, 0.25) is 5.02 Å². The summed E-state index contributed by atoms with van der Waals surface area (Å²) in [6, 6.07) is 4.94. The molecule has 0 unspecified atom stereocenters. The molecule has 6 nitrogen and oxygen atoms in total. The predicted octanol–water partition coefficient (Wildman–Crippen LogP) is 0.534. The molecule has 0 radical (unpaired) electrons. The van der Waals surface area contributed by atoms with Crippen molar-refractivity contribution in [3.8, 4) is 0 Å². The SMILES string of the molecule is CC(=O)N1c2ccc(Cl)cc2C2=NNC(=S)N[C@@]21O. The van der Waals surface area contributed by atoms with E-state index in [1.807, 2.05) is 0 Å². The summed E-state index contributed by atoms with van der Waals surface area (Å²) in [5.41, 5.74) is 3.93. The zero-order valence-corrected chi connectivity index (χ0v) is 11.3. The Balaban J connectivity index is 2.28. The van der Waals surface area contributed by atoms with Gasteiger partial charge >= 0.3 is 0 Å².